The van der Waals surface area contributed by atoms with Gasteiger partial charge in [0.15, 0.2) is 0 Å². The molecule has 4 heteroatoms. The molecule has 0 saturated heterocycles. The molecule has 0 aromatic carbocycles. The van der Waals surface area contributed by atoms with E-state index in [0.717, 1.165) is 0 Å². The Bertz CT molecular complexity index is 216. The predicted molar refractivity (Wildman–Crippen MR) is 53.2 cm³/mol. The Kier molecular flexibility index (Phi) is 10.1. The lowest BCUT2D eigenvalue weighted by Crippen LogP contribution is -1.93. The summed E-state index contributed by atoms with van der Waals surface area (Å²) < 4.78 is 8.79. The molecule has 0 atom stereocenters. The summed E-state index contributed by atoms with van der Waals surface area (Å²) in [4.78, 5) is 19.9. The van der Waals surface area contributed by atoms with Gasteiger partial charge in [-0.1, -0.05) is 12.7 Å². The summed E-state index contributed by atoms with van der Waals surface area (Å²) in [6, 6.07) is 0. The van der Waals surface area contributed by atoms with E-state index < -0.39 is 0 Å². The van der Waals surface area contributed by atoms with E-state index in [2.05, 4.69) is 16.1 Å². The van der Waals surface area contributed by atoms with E-state index >= 15 is 0 Å². The average Bonchev–Trinajstić information content (AvgIpc) is 1.99. The Morgan fingerprint density at radius 3 is 1.71 bits per heavy atom. The van der Waals surface area contributed by atoms with Gasteiger partial charge in [-0.15, -0.1) is 0 Å². The van der Waals surface area contributed by atoms with Crippen molar-refractivity contribution in [3.05, 3.63) is 24.7 Å². The highest BCUT2D eigenvalue weighted by molar-refractivity contribution is 5.67. The zero-order chi connectivity index (χ0) is 11.6. The lowest BCUT2D eigenvalue weighted by molar-refractivity contribution is -0.137. The SMILES string of the molecule is C=C(C)OC(C)=O.CC=COC(C)=O. The second-order valence-electron chi connectivity index (χ2n) is 2.37. The van der Waals surface area contributed by atoms with Crippen molar-refractivity contribution in [3.63, 3.8) is 0 Å². The van der Waals surface area contributed by atoms with Crippen molar-refractivity contribution in [1.29, 1.82) is 0 Å². The number of hydrogen-bond acceptors (Lipinski definition) is 4. The molecule has 0 rings (SSSR count). The zero-order valence-corrected chi connectivity index (χ0v) is 8.99. The average molecular weight is 200 g/mol. The van der Waals surface area contributed by atoms with Gasteiger partial charge in [-0.05, 0) is 13.8 Å². The number of allylic oxidation sites excluding steroid dienone is 2. The molecule has 0 bridgehead atoms. The van der Waals surface area contributed by atoms with E-state index in [1.807, 2.05) is 0 Å². The minimum atomic E-state index is -0.312. The molecule has 0 spiro atoms. The topological polar surface area (TPSA) is 52.6 Å². The molecule has 0 N–H and O–H groups in total. The molecular formula is C10H16O4. The number of ether oxygens (including phenoxy) is 2. The molecule has 0 aromatic rings. The third kappa shape index (κ3) is 22.4. The van der Waals surface area contributed by atoms with Gasteiger partial charge in [0.25, 0.3) is 0 Å². The molecule has 0 aliphatic rings. The molecule has 0 aliphatic carbocycles. The van der Waals surface area contributed by atoms with Gasteiger partial charge >= 0.3 is 11.9 Å². The van der Waals surface area contributed by atoms with Gasteiger partial charge in [0, 0.05) is 13.8 Å². The van der Waals surface area contributed by atoms with Crippen molar-refractivity contribution in [3.8, 4) is 0 Å². The molecule has 0 amide bonds. The first-order valence-corrected chi connectivity index (χ1v) is 4.02. The third-order valence-electron chi connectivity index (χ3n) is 0.688. The fraction of sp³-hybridized carbons (Fsp3) is 0.400. The van der Waals surface area contributed by atoms with Crippen molar-refractivity contribution in [1.82, 2.24) is 0 Å². The second kappa shape index (κ2) is 9.51. The van der Waals surface area contributed by atoms with E-state index in [9.17, 15) is 9.59 Å². The van der Waals surface area contributed by atoms with E-state index in [1.165, 1.54) is 20.1 Å². The fourth-order valence-corrected chi connectivity index (χ4v) is 0.409. The van der Waals surface area contributed by atoms with Gasteiger partial charge in [-0.2, -0.15) is 0 Å². The molecule has 0 saturated carbocycles. The molecule has 80 valence electrons. The summed E-state index contributed by atoms with van der Waals surface area (Å²) in [6.07, 6.45) is 3.00. The smallest absolute Gasteiger partial charge is 0.307 e. The highest BCUT2D eigenvalue weighted by Crippen LogP contribution is 1.87. The summed E-state index contributed by atoms with van der Waals surface area (Å²) in [5.41, 5.74) is 0. The maximum absolute atomic E-state index is 9.97. The number of rotatable bonds is 2. The van der Waals surface area contributed by atoms with Gasteiger partial charge in [0.1, 0.15) is 0 Å². The molecule has 0 fully saturated rings. The number of carbonyl (C=O) groups is 2. The maximum Gasteiger partial charge on any atom is 0.307 e. The Morgan fingerprint density at radius 2 is 1.64 bits per heavy atom. The van der Waals surface area contributed by atoms with Crippen LogP contribution in [-0.2, 0) is 19.1 Å². The van der Waals surface area contributed by atoms with Crippen LogP contribution in [0.15, 0.2) is 24.7 Å². The summed E-state index contributed by atoms with van der Waals surface area (Å²) in [5, 5.41) is 0. The molecule has 0 aromatic heterocycles. The van der Waals surface area contributed by atoms with Crippen molar-refractivity contribution in [2.75, 3.05) is 0 Å². The van der Waals surface area contributed by atoms with Crippen LogP contribution < -0.4 is 0 Å². The highest BCUT2D eigenvalue weighted by atomic mass is 16.5. The molecule has 14 heavy (non-hydrogen) atoms. The van der Waals surface area contributed by atoms with Gasteiger partial charge in [-0.3, -0.25) is 9.59 Å². The molecule has 0 aliphatic heterocycles. The van der Waals surface area contributed by atoms with Crippen LogP contribution in [0.3, 0.4) is 0 Å². The normalized spacial score (nSPS) is 8.57. The van der Waals surface area contributed by atoms with Crippen LogP contribution in [0.5, 0.6) is 0 Å². The monoisotopic (exact) mass is 200 g/mol. The van der Waals surface area contributed by atoms with Crippen LogP contribution in [0.25, 0.3) is 0 Å². The number of esters is 2. The first-order valence-electron chi connectivity index (χ1n) is 4.02. The third-order valence-corrected chi connectivity index (χ3v) is 0.688. The minimum absolute atomic E-state index is 0.280. The molecule has 0 unspecified atom stereocenters. The fourth-order valence-electron chi connectivity index (χ4n) is 0.409. The molecule has 0 radical (unpaired) electrons. The highest BCUT2D eigenvalue weighted by Gasteiger charge is 1.87. The Hall–Kier alpha value is -1.58. The van der Waals surface area contributed by atoms with Crippen LogP contribution in [-0.4, -0.2) is 11.9 Å². The Labute approximate surface area is 84.2 Å². The van der Waals surface area contributed by atoms with Gasteiger partial charge in [0.2, 0.25) is 0 Å². The Morgan fingerprint density at radius 1 is 1.14 bits per heavy atom. The predicted octanol–water partition coefficient (Wildman–Crippen LogP) is 2.17. The van der Waals surface area contributed by atoms with E-state index in [4.69, 9.17) is 0 Å². The van der Waals surface area contributed by atoms with Crippen LogP contribution in [0.4, 0.5) is 0 Å². The number of carbonyl (C=O) groups excluding carboxylic acids is 2. The first kappa shape index (κ1) is 14.9. The number of hydrogen-bond donors (Lipinski definition) is 0. The van der Waals surface area contributed by atoms with Gasteiger partial charge < -0.3 is 9.47 Å². The summed E-state index contributed by atoms with van der Waals surface area (Å²) in [5.74, 6) is -0.155. The van der Waals surface area contributed by atoms with E-state index in [-0.39, 0.29) is 11.9 Å². The quantitative estimate of drug-likeness (QED) is 0.506. The van der Waals surface area contributed by atoms with Crippen LogP contribution >= 0.6 is 0 Å². The van der Waals surface area contributed by atoms with Crippen LogP contribution in [0, 0.1) is 0 Å². The van der Waals surface area contributed by atoms with Gasteiger partial charge in [0.05, 0.1) is 12.0 Å². The van der Waals surface area contributed by atoms with Crippen molar-refractivity contribution >= 4 is 11.9 Å². The summed E-state index contributed by atoms with van der Waals surface area (Å²) in [6.45, 7) is 9.46. The van der Waals surface area contributed by atoms with Gasteiger partial charge in [-0.25, -0.2) is 0 Å². The first-order chi connectivity index (χ1) is 6.40. The lowest BCUT2D eigenvalue weighted by atomic mass is 10.6. The zero-order valence-electron chi connectivity index (χ0n) is 8.99. The molecule has 4 nitrogen and oxygen atoms in total. The molecular weight excluding hydrogens is 184 g/mol. The standard InChI is InChI=1S/2C5H8O2/c1-4(2)7-5(3)6;1-3-4-7-5(2)6/h1H2,2-3H3;3-4H,1-2H3. The summed E-state index contributed by atoms with van der Waals surface area (Å²) >= 11 is 0. The summed E-state index contributed by atoms with van der Waals surface area (Å²) in [7, 11) is 0. The minimum Gasteiger partial charge on any atom is -0.435 e. The van der Waals surface area contributed by atoms with Crippen LogP contribution in [0.1, 0.15) is 27.7 Å². The largest absolute Gasteiger partial charge is 0.435 e. The lowest BCUT2D eigenvalue weighted by Gasteiger charge is -1.93. The van der Waals surface area contributed by atoms with Crippen LogP contribution in [0.2, 0.25) is 0 Å². The van der Waals surface area contributed by atoms with Crippen molar-refractivity contribution in [2.24, 2.45) is 0 Å². The second-order valence-corrected chi connectivity index (χ2v) is 2.37. The van der Waals surface area contributed by atoms with Crippen molar-refractivity contribution < 1.29 is 19.1 Å². The molecule has 0 heterocycles. The van der Waals surface area contributed by atoms with Crippen molar-refractivity contribution in [2.45, 2.75) is 27.7 Å². The maximum atomic E-state index is 9.97. The van der Waals surface area contributed by atoms with E-state index in [0.29, 0.717) is 5.76 Å². The van der Waals surface area contributed by atoms with E-state index in [1.54, 1.807) is 19.9 Å². The Balaban J connectivity index is 0.